The van der Waals surface area contributed by atoms with Crippen molar-refractivity contribution in [2.75, 3.05) is 31.5 Å². The second-order valence-electron chi connectivity index (χ2n) is 4.15. The monoisotopic (exact) mass is 297 g/mol. The van der Waals surface area contributed by atoms with Crippen molar-refractivity contribution < 1.29 is 4.79 Å². The first-order valence-electron chi connectivity index (χ1n) is 5.69. The van der Waals surface area contributed by atoms with Crippen molar-refractivity contribution >= 4 is 27.6 Å². The topological polar surface area (TPSA) is 44.4 Å². The van der Waals surface area contributed by atoms with Crippen LogP contribution in [0.5, 0.6) is 0 Å². The average molecular weight is 298 g/mol. The van der Waals surface area contributed by atoms with Gasteiger partial charge in [0.15, 0.2) is 0 Å². The molecule has 1 aromatic carbocycles. The van der Waals surface area contributed by atoms with Gasteiger partial charge in [0.1, 0.15) is 0 Å². The van der Waals surface area contributed by atoms with Gasteiger partial charge in [-0.25, -0.2) is 4.79 Å². The van der Waals surface area contributed by atoms with Crippen molar-refractivity contribution in [1.29, 1.82) is 0 Å². The zero-order valence-corrected chi connectivity index (χ0v) is 11.4. The Bertz CT molecular complexity index is 416. The molecular formula is C12H16BrN3O. The molecular weight excluding hydrogens is 282 g/mol. The van der Waals surface area contributed by atoms with E-state index in [1.165, 1.54) is 0 Å². The van der Waals surface area contributed by atoms with Crippen LogP contribution in [0.4, 0.5) is 10.5 Å². The van der Waals surface area contributed by atoms with Gasteiger partial charge in [-0.3, -0.25) is 0 Å². The number of hydrogen-bond acceptors (Lipinski definition) is 2. The van der Waals surface area contributed by atoms with E-state index in [1.807, 2.05) is 30.0 Å². The second kappa shape index (κ2) is 5.51. The number of carbonyl (C=O) groups excluding carboxylic acids is 1. The minimum Gasteiger partial charge on any atom is -0.322 e. The van der Waals surface area contributed by atoms with E-state index in [2.05, 4.69) is 26.6 Å². The molecule has 2 rings (SSSR count). The van der Waals surface area contributed by atoms with Crippen molar-refractivity contribution in [1.82, 2.24) is 10.2 Å². The third kappa shape index (κ3) is 3.20. The molecule has 5 heteroatoms. The molecule has 0 atom stereocenters. The van der Waals surface area contributed by atoms with E-state index in [-0.39, 0.29) is 6.03 Å². The summed E-state index contributed by atoms with van der Waals surface area (Å²) in [4.78, 5) is 13.8. The first kappa shape index (κ1) is 12.4. The number of halogens is 1. The summed E-state index contributed by atoms with van der Waals surface area (Å²) in [5, 5.41) is 6.14. The molecule has 1 heterocycles. The standard InChI is InChI=1S/C12H16BrN3O/c1-9-2-3-11(10(13)8-9)15-12(17)16-6-4-14-5-7-16/h2-3,8,14H,4-7H2,1H3,(H,15,17). The summed E-state index contributed by atoms with van der Waals surface area (Å²) in [6.07, 6.45) is 0. The van der Waals surface area contributed by atoms with Gasteiger partial charge in [-0.1, -0.05) is 6.07 Å². The van der Waals surface area contributed by atoms with Crippen LogP contribution in [0.25, 0.3) is 0 Å². The first-order valence-corrected chi connectivity index (χ1v) is 6.49. The molecule has 0 radical (unpaired) electrons. The number of hydrogen-bond donors (Lipinski definition) is 2. The zero-order valence-electron chi connectivity index (χ0n) is 9.79. The molecule has 1 aromatic rings. The van der Waals surface area contributed by atoms with Gasteiger partial charge in [-0.05, 0) is 40.5 Å². The van der Waals surface area contributed by atoms with Crippen LogP contribution in [0.1, 0.15) is 5.56 Å². The largest absolute Gasteiger partial charge is 0.322 e. The Hall–Kier alpha value is -1.07. The molecule has 1 fully saturated rings. The third-order valence-electron chi connectivity index (χ3n) is 2.77. The number of amides is 2. The molecule has 0 aromatic heterocycles. The Morgan fingerprint density at radius 1 is 1.41 bits per heavy atom. The lowest BCUT2D eigenvalue weighted by Gasteiger charge is -2.27. The maximum Gasteiger partial charge on any atom is 0.321 e. The quantitative estimate of drug-likeness (QED) is 0.835. The fourth-order valence-electron chi connectivity index (χ4n) is 1.78. The number of rotatable bonds is 1. The van der Waals surface area contributed by atoms with Crippen molar-refractivity contribution in [3.63, 3.8) is 0 Å². The smallest absolute Gasteiger partial charge is 0.321 e. The van der Waals surface area contributed by atoms with Crippen molar-refractivity contribution in [2.24, 2.45) is 0 Å². The van der Waals surface area contributed by atoms with Gasteiger partial charge >= 0.3 is 6.03 Å². The summed E-state index contributed by atoms with van der Waals surface area (Å²) in [5.74, 6) is 0. The van der Waals surface area contributed by atoms with Crippen LogP contribution in [0.15, 0.2) is 22.7 Å². The number of urea groups is 1. The molecule has 0 unspecified atom stereocenters. The van der Waals surface area contributed by atoms with Crippen LogP contribution in [0.3, 0.4) is 0 Å². The van der Waals surface area contributed by atoms with Gasteiger partial charge in [0, 0.05) is 30.7 Å². The molecule has 1 aliphatic rings. The Kier molecular flexibility index (Phi) is 4.02. The molecule has 4 nitrogen and oxygen atoms in total. The van der Waals surface area contributed by atoms with Gasteiger partial charge in [0.2, 0.25) is 0 Å². The molecule has 2 N–H and O–H groups in total. The van der Waals surface area contributed by atoms with Crippen LogP contribution >= 0.6 is 15.9 Å². The number of nitrogens with one attached hydrogen (secondary N) is 2. The fraction of sp³-hybridized carbons (Fsp3) is 0.417. The Balaban J connectivity index is 2.02. The number of piperazine rings is 1. The van der Waals surface area contributed by atoms with Crippen LogP contribution < -0.4 is 10.6 Å². The van der Waals surface area contributed by atoms with Crippen LogP contribution in [0.2, 0.25) is 0 Å². The van der Waals surface area contributed by atoms with Gasteiger partial charge in [0.05, 0.1) is 5.69 Å². The van der Waals surface area contributed by atoms with E-state index < -0.39 is 0 Å². The maximum absolute atomic E-state index is 12.0. The van der Waals surface area contributed by atoms with Crippen molar-refractivity contribution in [2.45, 2.75) is 6.92 Å². The minimum atomic E-state index is -0.0314. The molecule has 0 aliphatic carbocycles. The van der Waals surface area contributed by atoms with E-state index in [1.54, 1.807) is 0 Å². The third-order valence-corrected chi connectivity index (χ3v) is 3.43. The molecule has 1 saturated heterocycles. The SMILES string of the molecule is Cc1ccc(NC(=O)N2CCNCC2)c(Br)c1. The molecule has 2 amide bonds. The summed E-state index contributed by atoms with van der Waals surface area (Å²) in [6, 6.07) is 5.86. The number of nitrogens with zero attached hydrogens (tertiary/aromatic N) is 1. The summed E-state index contributed by atoms with van der Waals surface area (Å²) >= 11 is 3.45. The summed E-state index contributed by atoms with van der Waals surface area (Å²) in [5.41, 5.74) is 1.98. The van der Waals surface area contributed by atoms with E-state index in [4.69, 9.17) is 0 Å². The molecule has 92 valence electrons. The summed E-state index contributed by atoms with van der Waals surface area (Å²) in [6.45, 7) is 5.27. The van der Waals surface area contributed by atoms with E-state index in [0.717, 1.165) is 41.9 Å². The van der Waals surface area contributed by atoms with Crippen LogP contribution in [-0.4, -0.2) is 37.1 Å². The highest BCUT2D eigenvalue weighted by atomic mass is 79.9. The van der Waals surface area contributed by atoms with Crippen molar-refractivity contribution in [3.05, 3.63) is 28.2 Å². The van der Waals surface area contributed by atoms with Crippen molar-refractivity contribution in [3.8, 4) is 0 Å². The van der Waals surface area contributed by atoms with E-state index in [9.17, 15) is 4.79 Å². The van der Waals surface area contributed by atoms with E-state index >= 15 is 0 Å². The number of aryl methyl sites for hydroxylation is 1. The van der Waals surface area contributed by atoms with Gasteiger partial charge in [-0.2, -0.15) is 0 Å². The highest BCUT2D eigenvalue weighted by molar-refractivity contribution is 9.10. The van der Waals surface area contributed by atoms with Crippen LogP contribution in [0, 0.1) is 6.92 Å². The zero-order chi connectivity index (χ0) is 12.3. The Labute approximate surface area is 110 Å². The highest BCUT2D eigenvalue weighted by Crippen LogP contribution is 2.23. The number of benzene rings is 1. The highest BCUT2D eigenvalue weighted by Gasteiger charge is 2.16. The minimum absolute atomic E-state index is 0.0314. The normalized spacial score (nSPS) is 15.8. The predicted octanol–water partition coefficient (Wildman–Crippen LogP) is 2.19. The Morgan fingerprint density at radius 3 is 2.76 bits per heavy atom. The first-order chi connectivity index (χ1) is 8.16. The summed E-state index contributed by atoms with van der Waals surface area (Å²) in [7, 11) is 0. The summed E-state index contributed by atoms with van der Waals surface area (Å²) < 4.78 is 0.918. The molecule has 1 aliphatic heterocycles. The molecule has 0 bridgehead atoms. The van der Waals surface area contributed by atoms with Gasteiger partial charge < -0.3 is 15.5 Å². The maximum atomic E-state index is 12.0. The predicted molar refractivity (Wildman–Crippen MR) is 72.3 cm³/mol. The van der Waals surface area contributed by atoms with E-state index in [0.29, 0.717) is 0 Å². The number of anilines is 1. The molecule has 0 spiro atoms. The Morgan fingerprint density at radius 2 is 2.12 bits per heavy atom. The molecule has 17 heavy (non-hydrogen) atoms. The fourth-order valence-corrected chi connectivity index (χ4v) is 2.38. The van der Waals surface area contributed by atoms with Crippen LogP contribution in [-0.2, 0) is 0 Å². The van der Waals surface area contributed by atoms with Gasteiger partial charge in [-0.15, -0.1) is 0 Å². The molecule has 0 saturated carbocycles. The second-order valence-corrected chi connectivity index (χ2v) is 5.00. The lowest BCUT2D eigenvalue weighted by Crippen LogP contribution is -2.48. The lowest BCUT2D eigenvalue weighted by molar-refractivity contribution is 0.204. The van der Waals surface area contributed by atoms with Gasteiger partial charge in [0.25, 0.3) is 0 Å². The number of carbonyl (C=O) groups is 1. The average Bonchev–Trinajstić information content (AvgIpc) is 2.34. The lowest BCUT2D eigenvalue weighted by atomic mass is 10.2.